The Morgan fingerprint density at radius 2 is 1.92 bits per heavy atom. The first kappa shape index (κ1) is 27.5. The Labute approximate surface area is 221 Å². The maximum Gasteiger partial charge on any atom is 0.401 e. The number of carbonyl (C=O) groups excluding carboxylic acids is 1. The van der Waals surface area contributed by atoms with E-state index in [0.717, 1.165) is 31.4 Å². The van der Waals surface area contributed by atoms with Crippen LogP contribution in [0.3, 0.4) is 0 Å². The number of aromatic nitrogens is 1. The molecule has 9 nitrogen and oxygen atoms in total. The van der Waals surface area contributed by atoms with Crippen LogP contribution in [0.25, 0.3) is 0 Å². The maximum atomic E-state index is 12.9. The van der Waals surface area contributed by atoms with E-state index in [0.29, 0.717) is 54.9 Å². The molecule has 38 heavy (non-hydrogen) atoms. The van der Waals surface area contributed by atoms with E-state index in [1.165, 1.54) is 11.1 Å². The highest BCUT2D eigenvalue weighted by Crippen LogP contribution is 2.34. The summed E-state index contributed by atoms with van der Waals surface area (Å²) < 4.78 is 37.9. The van der Waals surface area contributed by atoms with Gasteiger partial charge in [0.05, 0.1) is 18.4 Å². The Bertz CT molecular complexity index is 1110. The minimum absolute atomic E-state index is 0.114. The molecule has 0 atom stereocenters. The molecule has 2 fully saturated rings. The number of alkyl halides is 3. The zero-order valence-electron chi connectivity index (χ0n) is 21.8. The Balaban J connectivity index is 1.43. The summed E-state index contributed by atoms with van der Waals surface area (Å²) in [5.74, 6) is 1.34. The van der Waals surface area contributed by atoms with Crippen molar-refractivity contribution in [3.05, 3.63) is 54.3 Å². The van der Waals surface area contributed by atoms with Crippen molar-refractivity contribution in [1.82, 2.24) is 19.7 Å². The Morgan fingerprint density at radius 1 is 1.24 bits per heavy atom. The van der Waals surface area contributed by atoms with E-state index in [-0.39, 0.29) is 11.9 Å². The average molecular weight is 533 g/mol. The second-order valence-electron chi connectivity index (χ2n) is 9.95. The van der Waals surface area contributed by atoms with Crippen LogP contribution >= 0.6 is 0 Å². The molecule has 3 N–H and O–H groups in total. The van der Waals surface area contributed by atoms with Gasteiger partial charge < -0.3 is 25.8 Å². The van der Waals surface area contributed by atoms with Gasteiger partial charge in [0.25, 0.3) is 5.91 Å². The predicted octanol–water partition coefficient (Wildman–Crippen LogP) is 3.12. The largest absolute Gasteiger partial charge is 0.404 e. The molecule has 1 aromatic heterocycles. The lowest BCUT2D eigenvalue weighted by molar-refractivity contribution is -0.146. The van der Waals surface area contributed by atoms with Crippen LogP contribution in [0.2, 0.25) is 0 Å². The van der Waals surface area contributed by atoms with Crippen molar-refractivity contribution < 1.29 is 18.0 Å². The highest BCUT2D eigenvalue weighted by Gasteiger charge is 2.37. The zero-order valence-corrected chi connectivity index (χ0v) is 21.8. The first-order valence-corrected chi connectivity index (χ1v) is 12.8. The first-order valence-electron chi connectivity index (χ1n) is 12.8. The third-order valence-corrected chi connectivity index (χ3v) is 6.93. The van der Waals surface area contributed by atoms with Crippen molar-refractivity contribution in [3.63, 3.8) is 0 Å². The molecule has 0 spiro atoms. The van der Waals surface area contributed by atoms with Crippen LogP contribution in [-0.4, -0.2) is 90.5 Å². The number of hydrogen-bond acceptors (Lipinski definition) is 7. The van der Waals surface area contributed by atoms with E-state index < -0.39 is 12.7 Å². The molecule has 1 saturated heterocycles. The van der Waals surface area contributed by atoms with Gasteiger partial charge in [0, 0.05) is 58.1 Å². The van der Waals surface area contributed by atoms with Crippen LogP contribution in [0, 0.1) is 0 Å². The molecule has 3 heterocycles. The fraction of sp³-hybridized carbons (Fsp3) is 0.500. The van der Waals surface area contributed by atoms with Gasteiger partial charge in [-0.25, -0.2) is 9.98 Å². The van der Waals surface area contributed by atoms with Crippen LogP contribution in [0.5, 0.6) is 0 Å². The van der Waals surface area contributed by atoms with Crippen molar-refractivity contribution >= 4 is 23.2 Å². The molecule has 4 rings (SSSR count). The number of anilines is 2. The number of nitrogens with one attached hydrogen (secondary N) is 1. The van der Waals surface area contributed by atoms with Gasteiger partial charge in [0.1, 0.15) is 23.2 Å². The van der Waals surface area contributed by atoms with Gasteiger partial charge in [-0.2, -0.15) is 13.2 Å². The van der Waals surface area contributed by atoms with Gasteiger partial charge in [-0.1, -0.05) is 19.4 Å². The van der Waals surface area contributed by atoms with Crippen LogP contribution in [0.1, 0.15) is 25.7 Å². The fourth-order valence-corrected chi connectivity index (χ4v) is 5.07. The molecule has 206 valence electrons. The van der Waals surface area contributed by atoms with E-state index >= 15 is 0 Å². The lowest BCUT2D eigenvalue weighted by atomic mass is 10.2. The SMILES string of the molecule is C=C(/N=C1\C(=C/N)C=C(C(=O)N(C)C)N1C1CCCC1)Nc1ccc(N2CCN(CC(F)(F)F)CC2)cn1. The first-order chi connectivity index (χ1) is 18.1. The van der Waals surface area contributed by atoms with E-state index in [1.807, 2.05) is 15.9 Å². The Morgan fingerprint density at radius 3 is 2.47 bits per heavy atom. The summed E-state index contributed by atoms with van der Waals surface area (Å²) in [5, 5.41) is 3.10. The number of rotatable bonds is 7. The van der Waals surface area contributed by atoms with Crippen molar-refractivity contribution in [2.24, 2.45) is 10.7 Å². The molecule has 1 saturated carbocycles. The van der Waals surface area contributed by atoms with E-state index in [1.54, 1.807) is 37.3 Å². The summed E-state index contributed by atoms with van der Waals surface area (Å²) in [7, 11) is 3.43. The van der Waals surface area contributed by atoms with Gasteiger partial charge in [-0.15, -0.1) is 0 Å². The maximum absolute atomic E-state index is 12.9. The summed E-state index contributed by atoms with van der Waals surface area (Å²) in [4.78, 5) is 29.0. The molecule has 0 bridgehead atoms. The number of amidine groups is 1. The number of hydrogen-bond donors (Lipinski definition) is 2. The second kappa shape index (κ2) is 11.5. The van der Waals surface area contributed by atoms with Gasteiger partial charge in [-0.05, 0) is 31.1 Å². The fourth-order valence-electron chi connectivity index (χ4n) is 5.07. The van der Waals surface area contributed by atoms with Crippen molar-refractivity contribution in [1.29, 1.82) is 0 Å². The predicted molar refractivity (Wildman–Crippen MR) is 142 cm³/mol. The molecule has 1 amide bonds. The molecule has 12 heteroatoms. The quantitative estimate of drug-likeness (QED) is 0.558. The molecule has 1 aliphatic carbocycles. The van der Waals surface area contributed by atoms with Gasteiger partial charge in [0.2, 0.25) is 0 Å². The monoisotopic (exact) mass is 532 g/mol. The molecule has 2 aliphatic heterocycles. The summed E-state index contributed by atoms with van der Waals surface area (Å²) in [6.45, 7) is 4.83. The van der Waals surface area contributed by atoms with Crippen LogP contribution < -0.4 is 16.0 Å². The normalized spacial score (nSPS) is 21.3. The highest BCUT2D eigenvalue weighted by atomic mass is 19.4. The highest BCUT2D eigenvalue weighted by molar-refractivity contribution is 6.12. The molecule has 0 aromatic carbocycles. The third kappa shape index (κ3) is 6.47. The number of halogens is 3. The molecular formula is C26H35F3N8O. The molecule has 3 aliphatic rings. The van der Waals surface area contributed by atoms with E-state index in [4.69, 9.17) is 10.7 Å². The summed E-state index contributed by atoms with van der Waals surface area (Å²) >= 11 is 0. The lowest BCUT2D eigenvalue weighted by Gasteiger charge is -2.36. The summed E-state index contributed by atoms with van der Waals surface area (Å²) in [6, 6.07) is 3.81. The van der Waals surface area contributed by atoms with Crippen molar-refractivity contribution in [3.8, 4) is 0 Å². The topological polar surface area (TPSA) is 93.3 Å². The zero-order chi connectivity index (χ0) is 27.4. The number of likely N-dealkylation sites (N-methyl/N-ethyl adjacent to an activating group) is 1. The van der Waals surface area contributed by atoms with E-state index in [9.17, 15) is 18.0 Å². The van der Waals surface area contributed by atoms with Crippen molar-refractivity contribution in [2.45, 2.75) is 37.9 Å². The van der Waals surface area contributed by atoms with E-state index in [2.05, 4.69) is 16.9 Å². The van der Waals surface area contributed by atoms with Crippen molar-refractivity contribution in [2.75, 3.05) is 57.0 Å². The molecule has 0 unspecified atom stereocenters. The third-order valence-electron chi connectivity index (χ3n) is 6.93. The number of amides is 1. The number of pyridine rings is 1. The second-order valence-corrected chi connectivity index (χ2v) is 9.95. The average Bonchev–Trinajstić information content (AvgIpc) is 3.51. The number of nitrogens with zero attached hydrogens (tertiary/aromatic N) is 6. The number of carbonyl (C=O) groups is 1. The van der Waals surface area contributed by atoms with Crippen LogP contribution in [-0.2, 0) is 4.79 Å². The number of piperazine rings is 1. The smallest absolute Gasteiger partial charge is 0.401 e. The minimum atomic E-state index is -4.18. The van der Waals surface area contributed by atoms with Crippen LogP contribution in [0.4, 0.5) is 24.7 Å². The summed E-state index contributed by atoms with van der Waals surface area (Å²) in [5.41, 5.74) is 7.95. The lowest BCUT2D eigenvalue weighted by Crippen LogP contribution is -2.49. The Hall–Kier alpha value is -3.54. The van der Waals surface area contributed by atoms with Gasteiger partial charge in [0.15, 0.2) is 0 Å². The van der Waals surface area contributed by atoms with Gasteiger partial charge in [-0.3, -0.25) is 9.69 Å². The number of nitrogens with two attached hydrogens (primary N) is 1. The standard InChI is InChI=1S/C26H35F3N8O/c1-18(32-23-9-8-21(16-31-23)36-12-10-35(11-13-36)17-26(27,28)29)33-24-19(15-30)14-22(25(38)34(2)3)37(24)20-6-4-5-7-20/h8-9,14-16,20H,1,4-7,10-13,17,30H2,2-3H3,(H,31,32)/b19-15-,33-24+. The minimum Gasteiger partial charge on any atom is -0.404 e. The summed E-state index contributed by atoms with van der Waals surface area (Å²) in [6.07, 6.45) is 4.82. The Kier molecular flexibility index (Phi) is 8.29. The molecule has 1 aromatic rings. The van der Waals surface area contributed by atoms with Crippen LogP contribution in [0.15, 0.2) is 59.3 Å². The molecule has 0 radical (unpaired) electrons. The molecular weight excluding hydrogens is 497 g/mol. The number of aliphatic imine (C=N–C) groups is 1. The van der Waals surface area contributed by atoms with Gasteiger partial charge >= 0.3 is 6.18 Å².